The van der Waals surface area contributed by atoms with Gasteiger partial charge in [-0.25, -0.2) is 32.4 Å². The third-order valence-electron chi connectivity index (χ3n) is 6.80. The van der Waals surface area contributed by atoms with Crippen LogP contribution < -0.4 is 14.2 Å². The van der Waals surface area contributed by atoms with Gasteiger partial charge >= 0.3 is 30.5 Å². The van der Waals surface area contributed by atoms with Crippen molar-refractivity contribution in [3.8, 4) is 0 Å². The number of nitrogens with two attached hydrogens (primary N) is 1. The SMILES string of the molecule is CCOC(=O)CN(c1ccc(C[C@H](NS(=O)(=O)c2ccc(C(F)(F)F)cc2)c2nc3ccc(C(F)(F)F)cc3[nH]2)cc1Cl)S(N)(=O)=O.O=C(O)C(F)(F)F. The summed E-state index contributed by atoms with van der Waals surface area (Å²) in [6.07, 6.45) is -14.8. The van der Waals surface area contributed by atoms with E-state index in [1.54, 1.807) is 0 Å². The van der Waals surface area contributed by atoms with Gasteiger partial charge in [0, 0.05) is 0 Å². The molecule has 54 heavy (non-hydrogen) atoms. The number of sulfonamides is 1. The van der Waals surface area contributed by atoms with Crippen LogP contribution in [0, 0.1) is 0 Å². The molecule has 13 nitrogen and oxygen atoms in total. The third kappa shape index (κ3) is 11.7. The van der Waals surface area contributed by atoms with E-state index in [-0.39, 0.29) is 46.2 Å². The van der Waals surface area contributed by atoms with Crippen molar-refractivity contribution >= 4 is 60.5 Å². The van der Waals surface area contributed by atoms with Gasteiger partial charge in [-0.1, -0.05) is 17.7 Å². The first-order chi connectivity index (χ1) is 24.6. The first kappa shape index (κ1) is 43.8. The van der Waals surface area contributed by atoms with E-state index in [1.807, 2.05) is 0 Å². The van der Waals surface area contributed by atoms with Crippen LogP contribution in [0.5, 0.6) is 0 Å². The molecule has 0 radical (unpaired) electrons. The second-order valence-corrected chi connectivity index (χ2v) is 14.3. The van der Waals surface area contributed by atoms with Crippen molar-refractivity contribution < 1.29 is 75.8 Å². The molecule has 4 aromatic rings. The Bertz CT molecular complexity index is 2210. The lowest BCUT2D eigenvalue weighted by Crippen LogP contribution is -2.41. The number of alkyl halides is 9. The molecular weight excluding hydrogens is 817 g/mol. The number of aromatic nitrogens is 2. The number of carboxylic acid groups (broad SMARTS) is 1. The Balaban J connectivity index is 0.00000102. The highest BCUT2D eigenvalue weighted by atomic mass is 35.5. The van der Waals surface area contributed by atoms with Crippen LogP contribution in [0.15, 0.2) is 65.6 Å². The molecule has 0 amide bonds. The summed E-state index contributed by atoms with van der Waals surface area (Å²) in [6.45, 7) is 0.633. The van der Waals surface area contributed by atoms with Crippen molar-refractivity contribution in [3.63, 3.8) is 0 Å². The highest BCUT2D eigenvalue weighted by molar-refractivity contribution is 7.90. The quantitative estimate of drug-likeness (QED) is 0.108. The number of benzene rings is 3. The molecule has 25 heteroatoms. The van der Waals surface area contributed by atoms with E-state index in [0.29, 0.717) is 16.4 Å². The van der Waals surface area contributed by atoms with E-state index in [9.17, 15) is 61.1 Å². The monoisotopic (exact) mass is 841 g/mol. The summed E-state index contributed by atoms with van der Waals surface area (Å²) in [5.74, 6) is -3.85. The van der Waals surface area contributed by atoms with E-state index in [1.165, 1.54) is 25.1 Å². The van der Waals surface area contributed by atoms with Gasteiger partial charge in [-0.15, -0.1) is 0 Å². The van der Waals surface area contributed by atoms with E-state index < -0.39 is 79.3 Å². The third-order valence-corrected chi connectivity index (χ3v) is 9.53. The molecule has 0 unspecified atom stereocenters. The number of carboxylic acids is 1. The van der Waals surface area contributed by atoms with Gasteiger partial charge in [-0.2, -0.15) is 47.9 Å². The minimum Gasteiger partial charge on any atom is -0.475 e. The number of anilines is 1. The van der Waals surface area contributed by atoms with Crippen LogP contribution in [0.25, 0.3) is 11.0 Å². The number of ether oxygens (including phenoxy) is 1. The zero-order chi connectivity index (χ0) is 41.0. The summed E-state index contributed by atoms with van der Waals surface area (Å²) < 4.78 is 169. The van der Waals surface area contributed by atoms with Gasteiger partial charge in [0.2, 0.25) is 10.0 Å². The second-order valence-electron chi connectivity index (χ2n) is 10.7. The normalized spacial score (nSPS) is 13.2. The number of halogens is 10. The molecule has 1 heterocycles. The highest BCUT2D eigenvalue weighted by Crippen LogP contribution is 2.34. The van der Waals surface area contributed by atoms with Crippen molar-refractivity contribution in [2.45, 2.75) is 42.8 Å². The fraction of sp³-hybridized carbons (Fsp3) is 0.276. The van der Waals surface area contributed by atoms with Gasteiger partial charge in [-0.05, 0) is 73.5 Å². The molecule has 5 N–H and O–H groups in total. The number of rotatable bonds is 11. The molecule has 0 fully saturated rings. The summed E-state index contributed by atoms with van der Waals surface area (Å²) in [5.41, 5.74) is -2.15. The van der Waals surface area contributed by atoms with Gasteiger partial charge in [0.1, 0.15) is 12.4 Å². The number of H-pyrrole nitrogens is 1. The van der Waals surface area contributed by atoms with Crippen LogP contribution in [-0.2, 0) is 53.3 Å². The Kier molecular flexibility index (Phi) is 13.3. The van der Waals surface area contributed by atoms with Crippen LogP contribution >= 0.6 is 11.6 Å². The molecule has 0 spiro atoms. The second kappa shape index (κ2) is 16.4. The number of fused-ring (bicyclic) bond motifs is 1. The summed E-state index contributed by atoms with van der Waals surface area (Å²) >= 11 is 6.35. The van der Waals surface area contributed by atoms with Crippen LogP contribution in [0.1, 0.15) is 35.5 Å². The number of hydrogen-bond acceptors (Lipinski definition) is 8. The van der Waals surface area contributed by atoms with Crippen molar-refractivity contribution in [1.29, 1.82) is 0 Å². The maximum absolute atomic E-state index is 13.3. The van der Waals surface area contributed by atoms with Gasteiger partial charge in [-0.3, -0.25) is 4.79 Å². The average Bonchev–Trinajstić information content (AvgIpc) is 3.46. The molecule has 0 saturated heterocycles. The molecule has 0 aliphatic heterocycles. The molecule has 0 bridgehead atoms. The first-order valence-corrected chi connectivity index (χ1v) is 17.8. The smallest absolute Gasteiger partial charge is 0.475 e. The topological polar surface area (TPSA) is 202 Å². The highest BCUT2D eigenvalue weighted by Gasteiger charge is 2.38. The van der Waals surface area contributed by atoms with E-state index >= 15 is 0 Å². The van der Waals surface area contributed by atoms with Crippen molar-refractivity contribution in [3.05, 3.63) is 88.2 Å². The number of aromatic amines is 1. The number of nitrogens with one attached hydrogen (secondary N) is 2. The number of nitrogens with zero attached hydrogens (tertiary/aromatic N) is 2. The lowest BCUT2D eigenvalue weighted by Gasteiger charge is -2.23. The van der Waals surface area contributed by atoms with Crippen LogP contribution in [-0.4, -0.2) is 63.2 Å². The zero-order valence-corrected chi connectivity index (χ0v) is 29.2. The minimum absolute atomic E-state index is 0.0443. The molecule has 0 aliphatic rings. The molecule has 4 rings (SSSR count). The molecule has 1 aromatic heterocycles. The zero-order valence-electron chi connectivity index (χ0n) is 26.8. The van der Waals surface area contributed by atoms with Crippen molar-refractivity contribution in [1.82, 2.24) is 14.7 Å². The first-order valence-electron chi connectivity index (χ1n) is 14.4. The molecular formula is C29H25ClF9N5O8S2. The minimum atomic E-state index is -5.08. The Morgan fingerprint density at radius 3 is 1.96 bits per heavy atom. The van der Waals surface area contributed by atoms with Gasteiger partial charge < -0.3 is 14.8 Å². The van der Waals surface area contributed by atoms with Gasteiger partial charge in [0.05, 0.1) is 50.4 Å². The molecule has 1 atom stereocenters. The summed E-state index contributed by atoms with van der Waals surface area (Å²) in [7, 11) is -9.11. The molecule has 296 valence electrons. The standard InChI is InChI=1S/C27H24ClF6N5O6S2.C2HF3O2/c1-2-45-24(40)14-39(47(35,43)44)23-10-3-15(11-19(23)28)12-22(25-36-20-9-6-17(27(32,33)34)13-21(20)37-25)38-46(41,42)18-7-4-16(5-8-18)26(29,30)31;3-2(4,5)1(6)7/h3-11,13,22,38H,2,12,14H2,1H3,(H,36,37)(H2,35,43,44);(H,6,7)/t22-;/m0./s1. The Hall–Kier alpha value is -4.65. The Labute approximate surface area is 304 Å². The van der Waals surface area contributed by atoms with Crippen molar-refractivity contribution in [2.75, 3.05) is 17.5 Å². The Morgan fingerprint density at radius 1 is 0.926 bits per heavy atom. The average molecular weight is 842 g/mol. The fourth-order valence-corrected chi connectivity index (χ4v) is 6.67. The van der Waals surface area contributed by atoms with Gasteiger partial charge in [0.15, 0.2) is 0 Å². The Morgan fingerprint density at radius 2 is 1.48 bits per heavy atom. The fourth-order valence-electron chi connectivity index (χ4n) is 4.39. The van der Waals surface area contributed by atoms with E-state index in [0.717, 1.165) is 30.3 Å². The largest absolute Gasteiger partial charge is 0.490 e. The number of carbonyl (C=O) groups is 2. The predicted octanol–water partition coefficient (Wildman–Crippen LogP) is 5.72. The number of esters is 1. The van der Waals surface area contributed by atoms with Crippen LogP contribution in [0.2, 0.25) is 5.02 Å². The molecule has 0 aliphatic carbocycles. The van der Waals surface area contributed by atoms with Crippen LogP contribution in [0.3, 0.4) is 0 Å². The summed E-state index contributed by atoms with van der Waals surface area (Å²) in [6, 6.07) is 7.54. The maximum atomic E-state index is 13.3. The lowest BCUT2D eigenvalue weighted by atomic mass is 10.1. The predicted molar refractivity (Wildman–Crippen MR) is 172 cm³/mol. The van der Waals surface area contributed by atoms with Crippen LogP contribution in [0.4, 0.5) is 45.2 Å². The van der Waals surface area contributed by atoms with E-state index in [4.69, 9.17) is 31.4 Å². The van der Waals surface area contributed by atoms with E-state index in [2.05, 4.69) is 14.7 Å². The summed E-state index contributed by atoms with van der Waals surface area (Å²) in [5, 5.41) is 12.1. The molecule has 0 saturated carbocycles. The summed E-state index contributed by atoms with van der Waals surface area (Å²) in [4.78, 5) is 27.2. The number of imidazole rings is 1. The number of carbonyl (C=O) groups excluding carboxylic acids is 1. The lowest BCUT2D eigenvalue weighted by molar-refractivity contribution is -0.192. The maximum Gasteiger partial charge on any atom is 0.490 e. The van der Waals surface area contributed by atoms with Crippen molar-refractivity contribution in [2.24, 2.45) is 5.14 Å². The number of aliphatic carboxylic acids is 1. The molecule has 3 aromatic carbocycles. The number of hydrogen-bond donors (Lipinski definition) is 4. The van der Waals surface area contributed by atoms with Gasteiger partial charge in [0.25, 0.3) is 10.2 Å².